The van der Waals surface area contributed by atoms with Gasteiger partial charge >= 0.3 is 0 Å². The van der Waals surface area contributed by atoms with E-state index < -0.39 is 10.0 Å². The zero-order valence-corrected chi connectivity index (χ0v) is 23.4. The lowest BCUT2D eigenvalue weighted by Crippen LogP contribution is -2.54. The first-order chi connectivity index (χ1) is 16.8. The second-order valence-electron chi connectivity index (χ2n) is 10.4. The normalized spacial score (nSPS) is 34.6. The summed E-state index contributed by atoms with van der Waals surface area (Å²) in [5.41, 5.74) is 5.35. The lowest BCUT2D eigenvalue weighted by Gasteiger charge is -2.51. The standard InChI is InChI=1S/C24H45Cl2N3O5S/c1-29-16-22(21-14-19(25)15-24(26)23(21)17-29)18-3-2-4-20(13-18)35(30,31)28-6-8-33-10-12-34-11-9-32-7-5-27/h18-24,28H,2-17,27H2,1H3/t18-,19?,20?,21?,22?,23?,24?/m1/s1. The van der Waals surface area contributed by atoms with Gasteiger partial charge in [0.2, 0.25) is 10.0 Å². The van der Waals surface area contributed by atoms with Crippen LogP contribution in [0, 0.1) is 23.7 Å². The molecule has 1 saturated heterocycles. The number of alkyl halides is 2. The Hall–Kier alpha value is 0.290. The highest BCUT2D eigenvalue weighted by molar-refractivity contribution is 7.90. The minimum Gasteiger partial charge on any atom is -0.378 e. The van der Waals surface area contributed by atoms with Crippen LogP contribution in [0.25, 0.3) is 0 Å². The molecule has 11 heteroatoms. The molecule has 0 spiro atoms. The van der Waals surface area contributed by atoms with E-state index in [0.717, 1.165) is 51.6 Å². The van der Waals surface area contributed by atoms with E-state index in [1.165, 1.54) is 0 Å². The van der Waals surface area contributed by atoms with Crippen molar-refractivity contribution in [2.75, 3.05) is 72.9 Å². The van der Waals surface area contributed by atoms with E-state index >= 15 is 0 Å². The van der Waals surface area contributed by atoms with Gasteiger partial charge in [0.15, 0.2) is 0 Å². The third kappa shape index (κ3) is 9.21. The van der Waals surface area contributed by atoms with Gasteiger partial charge in [0.1, 0.15) is 0 Å². The van der Waals surface area contributed by atoms with Crippen LogP contribution in [0.5, 0.6) is 0 Å². The summed E-state index contributed by atoms with van der Waals surface area (Å²) in [5.74, 6) is 1.80. The van der Waals surface area contributed by atoms with Crippen LogP contribution < -0.4 is 10.5 Å². The average Bonchev–Trinajstić information content (AvgIpc) is 2.82. The van der Waals surface area contributed by atoms with Gasteiger partial charge in [0.25, 0.3) is 0 Å². The number of halogens is 2. The highest BCUT2D eigenvalue weighted by atomic mass is 35.5. The predicted octanol–water partition coefficient (Wildman–Crippen LogP) is 2.28. The lowest BCUT2D eigenvalue weighted by molar-refractivity contribution is 0.0109. The molecule has 2 aliphatic carbocycles. The van der Waals surface area contributed by atoms with Crippen molar-refractivity contribution >= 4 is 33.2 Å². The fraction of sp³-hybridized carbons (Fsp3) is 1.00. The van der Waals surface area contributed by atoms with E-state index in [0.29, 0.717) is 69.9 Å². The van der Waals surface area contributed by atoms with Gasteiger partial charge in [-0.3, -0.25) is 0 Å². The SMILES string of the molecule is CN1CC2C(Cl)CC(Cl)CC2C([C@@H]2CCCC(S(=O)(=O)NCCOCCOCCOCCN)C2)C1. The highest BCUT2D eigenvalue weighted by Gasteiger charge is 2.47. The molecule has 0 radical (unpaired) electrons. The quantitative estimate of drug-likeness (QED) is 0.249. The van der Waals surface area contributed by atoms with E-state index in [2.05, 4.69) is 16.7 Å². The van der Waals surface area contributed by atoms with Crippen molar-refractivity contribution in [2.45, 2.75) is 54.5 Å². The number of rotatable bonds is 14. The summed E-state index contributed by atoms with van der Waals surface area (Å²) in [6.07, 6.45) is 5.35. The number of piperidine rings is 1. The molecule has 1 aliphatic heterocycles. The fourth-order valence-corrected chi connectivity index (χ4v) is 8.83. The summed E-state index contributed by atoms with van der Waals surface area (Å²) in [7, 11) is -1.22. The second kappa shape index (κ2) is 15.0. The molecule has 0 amide bonds. The van der Waals surface area contributed by atoms with Crippen molar-refractivity contribution < 1.29 is 22.6 Å². The number of fused-ring (bicyclic) bond motifs is 1. The summed E-state index contributed by atoms with van der Waals surface area (Å²) in [6, 6.07) is 0. The number of nitrogens with zero attached hydrogens (tertiary/aromatic N) is 1. The van der Waals surface area contributed by atoms with E-state index in [-0.39, 0.29) is 22.5 Å². The third-order valence-corrected chi connectivity index (χ3v) is 10.7. The average molecular weight is 559 g/mol. The van der Waals surface area contributed by atoms with Gasteiger partial charge in [-0.1, -0.05) is 12.8 Å². The Morgan fingerprint density at radius 3 is 2.26 bits per heavy atom. The Morgan fingerprint density at radius 2 is 1.54 bits per heavy atom. The molecule has 6 unspecified atom stereocenters. The van der Waals surface area contributed by atoms with Crippen molar-refractivity contribution in [3.05, 3.63) is 0 Å². The van der Waals surface area contributed by atoms with Crippen molar-refractivity contribution in [1.82, 2.24) is 9.62 Å². The molecule has 0 bridgehead atoms. The lowest BCUT2D eigenvalue weighted by atomic mass is 9.63. The molecule has 0 aromatic heterocycles. The fourth-order valence-electron chi connectivity index (χ4n) is 6.28. The van der Waals surface area contributed by atoms with E-state index in [4.69, 9.17) is 43.1 Å². The molecule has 35 heavy (non-hydrogen) atoms. The highest BCUT2D eigenvalue weighted by Crippen LogP contribution is 2.48. The van der Waals surface area contributed by atoms with Gasteiger partial charge in [0, 0.05) is 36.9 Å². The number of likely N-dealkylation sites (tertiary alicyclic amines) is 1. The largest absolute Gasteiger partial charge is 0.378 e. The van der Waals surface area contributed by atoms with Crippen LogP contribution in [-0.2, 0) is 24.2 Å². The molecule has 0 aromatic rings. The summed E-state index contributed by atoms with van der Waals surface area (Å²) in [4.78, 5) is 2.39. The van der Waals surface area contributed by atoms with E-state index in [9.17, 15) is 8.42 Å². The van der Waals surface area contributed by atoms with Crippen LogP contribution in [0.1, 0.15) is 38.5 Å². The minimum absolute atomic E-state index is 0.112. The molecule has 3 aliphatic rings. The van der Waals surface area contributed by atoms with Gasteiger partial charge in [-0.05, 0) is 56.4 Å². The predicted molar refractivity (Wildman–Crippen MR) is 141 cm³/mol. The maximum atomic E-state index is 13.1. The zero-order valence-electron chi connectivity index (χ0n) is 21.1. The number of nitrogens with one attached hydrogen (secondary N) is 1. The molecule has 3 rings (SSSR count). The van der Waals surface area contributed by atoms with Gasteiger partial charge in [-0.2, -0.15) is 0 Å². The number of nitrogens with two attached hydrogens (primary N) is 1. The molecule has 0 aromatic carbocycles. The molecule has 8 nitrogen and oxygen atoms in total. The molecule has 7 atom stereocenters. The van der Waals surface area contributed by atoms with Crippen LogP contribution in [0.4, 0.5) is 0 Å². The maximum Gasteiger partial charge on any atom is 0.214 e. The van der Waals surface area contributed by atoms with Crippen LogP contribution in [-0.4, -0.2) is 102 Å². The Bertz CT molecular complexity index is 719. The monoisotopic (exact) mass is 557 g/mol. The van der Waals surface area contributed by atoms with Crippen LogP contribution >= 0.6 is 23.2 Å². The van der Waals surface area contributed by atoms with Gasteiger partial charge in [-0.25, -0.2) is 13.1 Å². The van der Waals surface area contributed by atoms with E-state index in [1.807, 2.05) is 0 Å². The molecule has 3 fully saturated rings. The van der Waals surface area contributed by atoms with Crippen LogP contribution in [0.2, 0.25) is 0 Å². The third-order valence-electron chi connectivity index (χ3n) is 7.89. The smallest absolute Gasteiger partial charge is 0.214 e. The summed E-state index contributed by atoms with van der Waals surface area (Å²) in [5, 5.41) is -0.100. The van der Waals surface area contributed by atoms with Crippen LogP contribution in [0.15, 0.2) is 0 Å². The minimum atomic E-state index is -3.38. The van der Waals surface area contributed by atoms with Crippen molar-refractivity contribution in [1.29, 1.82) is 0 Å². The van der Waals surface area contributed by atoms with Crippen molar-refractivity contribution in [3.8, 4) is 0 Å². The number of sulfonamides is 1. The summed E-state index contributed by atoms with van der Waals surface area (Å²) >= 11 is 13.3. The Balaban J connectivity index is 1.40. The molecular weight excluding hydrogens is 513 g/mol. The van der Waals surface area contributed by atoms with Crippen molar-refractivity contribution in [2.24, 2.45) is 29.4 Å². The molecule has 2 saturated carbocycles. The summed E-state index contributed by atoms with van der Waals surface area (Å²) < 4.78 is 45.0. The Morgan fingerprint density at radius 1 is 0.886 bits per heavy atom. The zero-order chi connectivity index (χ0) is 25.3. The van der Waals surface area contributed by atoms with Crippen molar-refractivity contribution in [3.63, 3.8) is 0 Å². The molecule has 1 heterocycles. The first-order valence-electron chi connectivity index (χ1n) is 13.2. The Kier molecular flexibility index (Phi) is 12.8. The maximum absolute atomic E-state index is 13.1. The number of hydrogen-bond donors (Lipinski definition) is 2. The summed E-state index contributed by atoms with van der Waals surface area (Å²) in [6.45, 7) is 5.54. The van der Waals surface area contributed by atoms with Gasteiger partial charge in [-0.15, -0.1) is 23.2 Å². The van der Waals surface area contributed by atoms with Crippen LogP contribution in [0.3, 0.4) is 0 Å². The number of ether oxygens (including phenoxy) is 3. The first-order valence-corrected chi connectivity index (χ1v) is 15.6. The number of hydrogen-bond acceptors (Lipinski definition) is 7. The molecule has 3 N–H and O–H groups in total. The van der Waals surface area contributed by atoms with Gasteiger partial charge < -0.3 is 24.8 Å². The first kappa shape index (κ1) is 29.8. The second-order valence-corrected chi connectivity index (χ2v) is 13.6. The molecular formula is C24H45Cl2N3O5S. The molecule has 206 valence electrons. The topological polar surface area (TPSA) is 103 Å². The van der Waals surface area contributed by atoms with Gasteiger partial charge in [0.05, 0.1) is 44.9 Å². The Labute approximate surface area is 221 Å². The van der Waals surface area contributed by atoms with E-state index in [1.54, 1.807) is 0 Å².